The fourth-order valence-corrected chi connectivity index (χ4v) is 5.14. The Balaban J connectivity index is 1.51. The summed E-state index contributed by atoms with van der Waals surface area (Å²) in [7, 11) is 3.15. The molecule has 35 heavy (non-hydrogen) atoms. The van der Waals surface area contributed by atoms with Crippen LogP contribution >= 0.6 is 0 Å². The zero-order valence-corrected chi connectivity index (χ0v) is 20.5. The molecule has 1 unspecified atom stereocenters. The summed E-state index contributed by atoms with van der Waals surface area (Å²) < 4.78 is 10.7. The molecular formula is C29H31N3O3. The Kier molecular flexibility index (Phi) is 6.47. The molecule has 0 amide bonds. The first kappa shape index (κ1) is 23.0. The Morgan fingerprint density at radius 2 is 1.80 bits per heavy atom. The predicted molar refractivity (Wildman–Crippen MR) is 139 cm³/mol. The van der Waals surface area contributed by atoms with E-state index in [-0.39, 0.29) is 12.0 Å². The number of H-pyrrole nitrogens is 1. The molecule has 180 valence electrons. The van der Waals surface area contributed by atoms with E-state index in [0.717, 1.165) is 37.4 Å². The van der Waals surface area contributed by atoms with E-state index in [1.165, 1.54) is 34.9 Å². The van der Waals surface area contributed by atoms with Crippen LogP contribution in [0.4, 0.5) is 5.69 Å². The first-order valence-electron chi connectivity index (χ1n) is 11.9. The first-order valence-corrected chi connectivity index (χ1v) is 11.9. The highest BCUT2D eigenvalue weighted by atomic mass is 16.5. The van der Waals surface area contributed by atoms with Crippen molar-refractivity contribution in [3.8, 4) is 5.75 Å². The zero-order chi connectivity index (χ0) is 24.4. The van der Waals surface area contributed by atoms with Crippen molar-refractivity contribution in [1.82, 2.24) is 9.88 Å². The number of rotatable bonds is 6. The fraction of sp³-hybridized carbons (Fsp3) is 0.276. The van der Waals surface area contributed by atoms with Crippen LogP contribution in [-0.2, 0) is 11.3 Å². The highest BCUT2D eigenvalue weighted by molar-refractivity contribution is 5.89. The second-order valence-electron chi connectivity index (χ2n) is 9.02. The van der Waals surface area contributed by atoms with Crippen molar-refractivity contribution in [2.45, 2.75) is 19.5 Å². The number of benzene rings is 3. The third kappa shape index (κ3) is 4.49. The lowest BCUT2D eigenvalue weighted by atomic mass is 9.98. The Hall–Kier alpha value is -3.77. The minimum atomic E-state index is -0.317. The van der Waals surface area contributed by atoms with Crippen LogP contribution in [0.2, 0.25) is 0 Å². The van der Waals surface area contributed by atoms with Gasteiger partial charge in [0, 0.05) is 54.5 Å². The van der Waals surface area contributed by atoms with E-state index in [1.807, 2.05) is 18.3 Å². The summed E-state index contributed by atoms with van der Waals surface area (Å²) in [6.07, 6.45) is 2.00. The minimum absolute atomic E-state index is 0.149. The molecule has 2 heterocycles. The molecule has 1 saturated heterocycles. The Morgan fingerprint density at radius 3 is 2.51 bits per heavy atom. The van der Waals surface area contributed by atoms with Gasteiger partial charge in [-0.3, -0.25) is 4.90 Å². The van der Waals surface area contributed by atoms with Crippen LogP contribution in [0.1, 0.15) is 33.1 Å². The average molecular weight is 470 g/mol. The summed E-state index contributed by atoms with van der Waals surface area (Å²) in [4.78, 5) is 20.3. The van der Waals surface area contributed by atoms with Gasteiger partial charge in [0.05, 0.1) is 25.8 Å². The number of aryl methyl sites for hydroxylation is 1. The van der Waals surface area contributed by atoms with Crippen molar-refractivity contribution in [3.05, 3.63) is 95.2 Å². The Labute approximate surface area is 206 Å². The van der Waals surface area contributed by atoms with Gasteiger partial charge < -0.3 is 19.4 Å². The minimum Gasteiger partial charge on any atom is -0.496 e. The monoisotopic (exact) mass is 469 g/mol. The molecule has 5 rings (SSSR count). The number of carbonyl (C=O) groups excluding carboxylic acids is 1. The Bertz CT molecular complexity index is 1310. The zero-order valence-electron chi connectivity index (χ0n) is 20.5. The van der Waals surface area contributed by atoms with Crippen LogP contribution in [-0.4, -0.2) is 49.7 Å². The van der Waals surface area contributed by atoms with Crippen LogP contribution in [0.25, 0.3) is 10.9 Å². The van der Waals surface area contributed by atoms with Gasteiger partial charge in [0.1, 0.15) is 5.75 Å². The number of aromatic nitrogens is 1. The molecule has 1 N–H and O–H groups in total. The molecule has 0 saturated carbocycles. The first-order chi connectivity index (χ1) is 17.1. The van der Waals surface area contributed by atoms with E-state index in [1.54, 1.807) is 7.11 Å². The highest BCUT2D eigenvalue weighted by Crippen LogP contribution is 2.36. The number of esters is 1. The molecule has 1 fully saturated rings. The van der Waals surface area contributed by atoms with Gasteiger partial charge >= 0.3 is 5.97 Å². The number of nitrogens with zero attached hydrogens (tertiary/aromatic N) is 2. The van der Waals surface area contributed by atoms with Gasteiger partial charge in [0.15, 0.2) is 0 Å². The summed E-state index contributed by atoms with van der Waals surface area (Å²) >= 11 is 0. The molecule has 6 nitrogen and oxygen atoms in total. The van der Waals surface area contributed by atoms with Gasteiger partial charge in [-0.1, -0.05) is 30.3 Å². The number of hydrogen-bond donors (Lipinski definition) is 1. The van der Waals surface area contributed by atoms with E-state index < -0.39 is 0 Å². The normalized spacial score (nSPS) is 16.4. The standard InChI is InChI=1S/C29H31N3O3/c1-20-17-27(34-2)25(24-13-14-30-28(20)24)18-32-16-15-31(23-7-5-4-6-8-23)19-26(32)21-9-11-22(12-10-21)29(33)35-3/h4-14,17,26,30H,15-16,18-19H2,1-3H3. The smallest absolute Gasteiger partial charge is 0.337 e. The third-order valence-corrected chi connectivity index (χ3v) is 7.02. The number of ether oxygens (including phenoxy) is 2. The maximum Gasteiger partial charge on any atom is 0.337 e. The summed E-state index contributed by atoms with van der Waals surface area (Å²) in [5.41, 5.74) is 6.49. The molecule has 3 aromatic carbocycles. The van der Waals surface area contributed by atoms with Gasteiger partial charge in [-0.25, -0.2) is 4.79 Å². The lowest BCUT2D eigenvalue weighted by Crippen LogP contribution is -2.48. The maximum absolute atomic E-state index is 12.0. The number of piperazine rings is 1. The summed E-state index contributed by atoms with van der Waals surface area (Å²) in [5, 5.41) is 1.20. The van der Waals surface area contributed by atoms with Crippen molar-refractivity contribution >= 4 is 22.6 Å². The fourth-order valence-electron chi connectivity index (χ4n) is 5.14. The number of hydrogen-bond acceptors (Lipinski definition) is 5. The number of fused-ring (bicyclic) bond motifs is 1. The second-order valence-corrected chi connectivity index (χ2v) is 9.02. The second kappa shape index (κ2) is 9.84. The number of aromatic amines is 1. The van der Waals surface area contributed by atoms with Crippen LogP contribution in [0.3, 0.4) is 0 Å². The topological polar surface area (TPSA) is 57.8 Å². The third-order valence-electron chi connectivity index (χ3n) is 7.02. The molecule has 0 radical (unpaired) electrons. The van der Waals surface area contributed by atoms with Crippen molar-refractivity contribution in [2.75, 3.05) is 38.8 Å². The molecule has 1 atom stereocenters. The molecule has 0 spiro atoms. The van der Waals surface area contributed by atoms with Crippen molar-refractivity contribution < 1.29 is 14.3 Å². The van der Waals surface area contributed by atoms with E-state index in [0.29, 0.717) is 5.56 Å². The quantitative estimate of drug-likeness (QED) is 0.387. The molecule has 4 aromatic rings. The van der Waals surface area contributed by atoms with E-state index in [9.17, 15) is 4.79 Å². The molecule has 6 heteroatoms. The summed E-state index contributed by atoms with van der Waals surface area (Å²) in [5.74, 6) is 0.599. The SMILES string of the molecule is COC(=O)c1ccc(C2CN(c3ccccc3)CCN2Cc2c(OC)cc(C)c3[nH]ccc23)cc1. The van der Waals surface area contributed by atoms with Crippen LogP contribution < -0.4 is 9.64 Å². The van der Waals surface area contributed by atoms with Gasteiger partial charge in [-0.05, 0) is 54.4 Å². The van der Waals surface area contributed by atoms with Gasteiger partial charge in [-0.2, -0.15) is 0 Å². The van der Waals surface area contributed by atoms with E-state index in [2.05, 4.69) is 76.3 Å². The van der Waals surface area contributed by atoms with Crippen LogP contribution in [0.15, 0.2) is 72.9 Å². The number of carbonyl (C=O) groups is 1. The maximum atomic E-state index is 12.0. The van der Waals surface area contributed by atoms with Gasteiger partial charge in [0.2, 0.25) is 0 Å². The van der Waals surface area contributed by atoms with Crippen molar-refractivity contribution in [3.63, 3.8) is 0 Å². The number of methoxy groups -OCH3 is 2. The lowest BCUT2D eigenvalue weighted by molar-refractivity contribution is 0.0600. The molecule has 1 aliphatic heterocycles. The van der Waals surface area contributed by atoms with Gasteiger partial charge in [0.25, 0.3) is 0 Å². The molecule has 0 aliphatic carbocycles. The van der Waals surface area contributed by atoms with Crippen molar-refractivity contribution in [1.29, 1.82) is 0 Å². The van der Waals surface area contributed by atoms with Gasteiger partial charge in [-0.15, -0.1) is 0 Å². The lowest BCUT2D eigenvalue weighted by Gasteiger charge is -2.43. The number of para-hydroxylation sites is 1. The van der Waals surface area contributed by atoms with Crippen LogP contribution in [0, 0.1) is 6.92 Å². The largest absolute Gasteiger partial charge is 0.496 e. The molecule has 0 bridgehead atoms. The molecular weight excluding hydrogens is 438 g/mol. The average Bonchev–Trinajstić information content (AvgIpc) is 3.41. The summed E-state index contributed by atoms with van der Waals surface area (Å²) in [6, 6.07) is 22.8. The molecule has 1 aliphatic rings. The number of anilines is 1. The highest BCUT2D eigenvalue weighted by Gasteiger charge is 2.30. The Morgan fingerprint density at radius 1 is 1.03 bits per heavy atom. The predicted octanol–water partition coefficient (Wildman–Crippen LogP) is 5.34. The van der Waals surface area contributed by atoms with Crippen LogP contribution in [0.5, 0.6) is 5.75 Å². The number of nitrogens with one attached hydrogen (secondary N) is 1. The molecule has 1 aromatic heterocycles. The van der Waals surface area contributed by atoms with E-state index in [4.69, 9.17) is 9.47 Å². The summed E-state index contributed by atoms with van der Waals surface area (Å²) in [6.45, 7) is 5.57. The van der Waals surface area contributed by atoms with Crippen molar-refractivity contribution in [2.24, 2.45) is 0 Å². The van der Waals surface area contributed by atoms with E-state index >= 15 is 0 Å².